The molecule has 0 saturated heterocycles. The van der Waals surface area contributed by atoms with Crippen molar-refractivity contribution < 1.29 is 4.42 Å². The van der Waals surface area contributed by atoms with Gasteiger partial charge in [0, 0.05) is 19.0 Å². The molecule has 3 aromatic rings. The smallest absolute Gasteiger partial charge is 0.332 e. The molecule has 3 N–H and O–H groups in total. The standard InChI is InChI=1S/C16H19N5O3S/c1-3-6-21-13(17)12(14(22)20(2)16(21)23)11-9-25-15(19-11)18-8-10-5-4-7-24-10/h4-5,7,9H,3,6,8,17H2,1-2H3,(H,18,19). The Morgan fingerprint density at radius 1 is 1.40 bits per heavy atom. The van der Waals surface area contributed by atoms with Crippen LogP contribution in [0.25, 0.3) is 11.3 Å². The molecule has 0 unspecified atom stereocenters. The molecule has 0 spiro atoms. The van der Waals surface area contributed by atoms with Crippen molar-refractivity contribution >= 4 is 22.3 Å². The number of rotatable bonds is 6. The van der Waals surface area contributed by atoms with E-state index in [9.17, 15) is 9.59 Å². The molecule has 0 aliphatic carbocycles. The van der Waals surface area contributed by atoms with Crippen molar-refractivity contribution in [3.05, 3.63) is 50.4 Å². The summed E-state index contributed by atoms with van der Waals surface area (Å²) in [5, 5.41) is 5.53. The monoisotopic (exact) mass is 361 g/mol. The molecule has 9 heteroatoms. The van der Waals surface area contributed by atoms with Crippen LogP contribution >= 0.6 is 11.3 Å². The van der Waals surface area contributed by atoms with Crippen LogP contribution in [0.4, 0.5) is 10.9 Å². The molecule has 3 rings (SSSR count). The Morgan fingerprint density at radius 3 is 2.88 bits per heavy atom. The second-order valence-electron chi connectivity index (χ2n) is 5.53. The number of anilines is 2. The van der Waals surface area contributed by atoms with Gasteiger partial charge in [0.1, 0.15) is 17.1 Å². The molecule has 0 atom stereocenters. The van der Waals surface area contributed by atoms with Crippen LogP contribution in [0.5, 0.6) is 0 Å². The molecule has 0 saturated carbocycles. The predicted molar refractivity (Wildman–Crippen MR) is 97.8 cm³/mol. The fourth-order valence-electron chi connectivity index (χ4n) is 2.51. The lowest BCUT2D eigenvalue weighted by atomic mass is 10.2. The summed E-state index contributed by atoms with van der Waals surface area (Å²) in [4.78, 5) is 29.2. The van der Waals surface area contributed by atoms with Crippen LogP contribution < -0.4 is 22.3 Å². The summed E-state index contributed by atoms with van der Waals surface area (Å²) in [6.07, 6.45) is 2.33. The SMILES string of the molecule is CCCn1c(N)c(-c2csc(NCc3ccco3)n2)c(=O)n(C)c1=O. The predicted octanol–water partition coefficient (Wildman–Crippen LogP) is 1.87. The van der Waals surface area contributed by atoms with Crippen molar-refractivity contribution in [3.63, 3.8) is 0 Å². The third kappa shape index (κ3) is 3.22. The Balaban J connectivity index is 1.97. The summed E-state index contributed by atoms with van der Waals surface area (Å²) in [5.41, 5.74) is 5.95. The summed E-state index contributed by atoms with van der Waals surface area (Å²) in [7, 11) is 1.45. The van der Waals surface area contributed by atoms with Crippen LogP contribution in [-0.4, -0.2) is 14.1 Å². The highest BCUT2D eigenvalue weighted by Gasteiger charge is 2.19. The van der Waals surface area contributed by atoms with Gasteiger partial charge in [-0.2, -0.15) is 0 Å². The molecule has 0 aliphatic heterocycles. The van der Waals surface area contributed by atoms with Gasteiger partial charge in [0.2, 0.25) is 0 Å². The number of nitrogens with zero attached hydrogens (tertiary/aromatic N) is 3. The van der Waals surface area contributed by atoms with Crippen LogP contribution in [0.15, 0.2) is 37.8 Å². The molecule has 0 aliphatic rings. The first-order valence-electron chi connectivity index (χ1n) is 7.84. The number of hydrogen-bond donors (Lipinski definition) is 2. The molecule has 0 bridgehead atoms. The fraction of sp³-hybridized carbons (Fsp3) is 0.312. The lowest BCUT2D eigenvalue weighted by molar-refractivity contribution is 0.518. The van der Waals surface area contributed by atoms with Crippen molar-refractivity contribution in [2.45, 2.75) is 26.4 Å². The van der Waals surface area contributed by atoms with Crippen LogP contribution in [-0.2, 0) is 20.1 Å². The van der Waals surface area contributed by atoms with Gasteiger partial charge < -0.3 is 15.5 Å². The Morgan fingerprint density at radius 2 is 2.20 bits per heavy atom. The maximum atomic E-state index is 12.5. The highest BCUT2D eigenvalue weighted by Crippen LogP contribution is 2.26. The molecule has 3 heterocycles. The van der Waals surface area contributed by atoms with E-state index in [1.807, 2.05) is 19.1 Å². The summed E-state index contributed by atoms with van der Waals surface area (Å²) < 4.78 is 7.73. The maximum Gasteiger partial charge on any atom is 0.332 e. The van der Waals surface area contributed by atoms with Gasteiger partial charge in [-0.1, -0.05) is 6.92 Å². The third-order valence-corrected chi connectivity index (χ3v) is 4.58. The zero-order valence-electron chi connectivity index (χ0n) is 14.0. The topological polar surface area (TPSA) is 108 Å². The quantitative estimate of drug-likeness (QED) is 0.694. The van der Waals surface area contributed by atoms with Gasteiger partial charge in [0.15, 0.2) is 5.13 Å². The molecular weight excluding hydrogens is 342 g/mol. The number of hydrogen-bond acceptors (Lipinski definition) is 7. The normalized spacial score (nSPS) is 11.0. The zero-order valence-corrected chi connectivity index (χ0v) is 14.8. The molecule has 0 amide bonds. The van der Waals surface area contributed by atoms with E-state index in [0.29, 0.717) is 23.9 Å². The highest BCUT2D eigenvalue weighted by atomic mass is 32.1. The van der Waals surface area contributed by atoms with Crippen molar-refractivity contribution in [2.75, 3.05) is 11.1 Å². The van der Waals surface area contributed by atoms with E-state index in [1.165, 1.54) is 23.0 Å². The van der Waals surface area contributed by atoms with E-state index in [4.69, 9.17) is 10.2 Å². The van der Waals surface area contributed by atoms with Gasteiger partial charge in [0.25, 0.3) is 5.56 Å². The summed E-state index contributed by atoms with van der Waals surface area (Å²) in [5.74, 6) is 0.932. The number of nitrogen functional groups attached to an aromatic ring is 1. The van der Waals surface area contributed by atoms with Crippen molar-refractivity contribution in [1.82, 2.24) is 14.1 Å². The lowest BCUT2D eigenvalue weighted by Gasteiger charge is -2.13. The van der Waals surface area contributed by atoms with Gasteiger partial charge in [-0.3, -0.25) is 13.9 Å². The Labute approximate surface area is 147 Å². The molecule has 0 radical (unpaired) electrons. The van der Waals surface area contributed by atoms with Gasteiger partial charge >= 0.3 is 5.69 Å². The number of furan rings is 1. The fourth-order valence-corrected chi connectivity index (χ4v) is 3.21. The average molecular weight is 361 g/mol. The second kappa shape index (κ2) is 6.98. The second-order valence-corrected chi connectivity index (χ2v) is 6.39. The Kier molecular flexibility index (Phi) is 4.75. The minimum Gasteiger partial charge on any atom is -0.467 e. The van der Waals surface area contributed by atoms with Gasteiger partial charge in [0.05, 0.1) is 18.5 Å². The van der Waals surface area contributed by atoms with Crippen LogP contribution in [0, 0.1) is 0 Å². The summed E-state index contributed by atoms with van der Waals surface area (Å²) in [6.45, 7) is 2.87. The number of nitrogens with one attached hydrogen (secondary N) is 1. The molecular formula is C16H19N5O3S. The molecule has 132 valence electrons. The third-order valence-electron chi connectivity index (χ3n) is 3.78. The Bertz CT molecular complexity index is 984. The first-order chi connectivity index (χ1) is 12.0. The van der Waals surface area contributed by atoms with Gasteiger partial charge in [-0.15, -0.1) is 11.3 Å². The van der Waals surface area contributed by atoms with Crippen LogP contribution in [0.3, 0.4) is 0 Å². The molecule has 8 nitrogen and oxygen atoms in total. The molecule has 0 fully saturated rings. The van der Waals surface area contributed by atoms with E-state index in [0.717, 1.165) is 16.7 Å². The van der Waals surface area contributed by atoms with E-state index >= 15 is 0 Å². The first kappa shape index (κ1) is 17.0. The van der Waals surface area contributed by atoms with E-state index in [2.05, 4.69) is 10.3 Å². The largest absolute Gasteiger partial charge is 0.467 e. The van der Waals surface area contributed by atoms with Crippen molar-refractivity contribution in [1.29, 1.82) is 0 Å². The van der Waals surface area contributed by atoms with Gasteiger partial charge in [-0.05, 0) is 18.6 Å². The van der Waals surface area contributed by atoms with Crippen LogP contribution in [0.1, 0.15) is 19.1 Å². The summed E-state index contributed by atoms with van der Waals surface area (Å²) in [6, 6.07) is 3.67. The maximum absolute atomic E-state index is 12.5. The van der Waals surface area contributed by atoms with E-state index in [1.54, 1.807) is 11.6 Å². The number of thiazole rings is 1. The molecule has 3 aromatic heterocycles. The van der Waals surface area contributed by atoms with E-state index in [-0.39, 0.29) is 11.4 Å². The van der Waals surface area contributed by atoms with E-state index < -0.39 is 11.2 Å². The Hall–Kier alpha value is -2.81. The minimum absolute atomic E-state index is 0.151. The lowest BCUT2D eigenvalue weighted by Crippen LogP contribution is -2.40. The first-order valence-corrected chi connectivity index (χ1v) is 8.72. The molecule has 0 aromatic carbocycles. The van der Waals surface area contributed by atoms with Crippen molar-refractivity contribution in [2.24, 2.45) is 7.05 Å². The summed E-state index contributed by atoms with van der Waals surface area (Å²) >= 11 is 1.36. The van der Waals surface area contributed by atoms with Crippen LogP contribution in [0.2, 0.25) is 0 Å². The number of aromatic nitrogens is 3. The van der Waals surface area contributed by atoms with Crippen molar-refractivity contribution in [3.8, 4) is 11.3 Å². The van der Waals surface area contributed by atoms with Gasteiger partial charge in [-0.25, -0.2) is 9.78 Å². The molecule has 25 heavy (non-hydrogen) atoms. The average Bonchev–Trinajstić information content (AvgIpc) is 3.27. The number of nitrogens with two attached hydrogens (primary N) is 1. The minimum atomic E-state index is -0.447. The highest BCUT2D eigenvalue weighted by molar-refractivity contribution is 7.14. The zero-order chi connectivity index (χ0) is 18.0.